The third-order valence-corrected chi connectivity index (χ3v) is 5.90. The van der Waals surface area contributed by atoms with Gasteiger partial charge in [-0.05, 0) is 29.3 Å². The lowest BCUT2D eigenvalue weighted by Gasteiger charge is -2.34. The summed E-state index contributed by atoms with van der Waals surface area (Å²) in [4.78, 5) is 24.9. The molecule has 2 aliphatic heterocycles. The summed E-state index contributed by atoms with van der Waals surface area (Å²) in [7, 11) is 0. The second kappa shape index (κ2) is 7.87. The number of amides is 1. The van der Waals surface area contributed by atoms with Crippen LogP contribution >= 0.6 is 0 Å². The van der Waals surface area contributed by atoms with Crippen LogP contribution in [0.3, 0.4) is 0 Å². The van der Waals surface area contributed by atoms with E-state index < -0.39 is 0 Å². The number of fused-ring (bicyclic) bond motifs is 2. The van der Waals surface area contributed by atoms with Gasteiger partial charge >= 0.3 is 0 Å². The Labute approximate surface area is 170 Å². The quantitative estimate of drug-likeness (QED) is 0.728. The van der Waals surface area contributed by atoms with Crippen molar-refractivity contribution in [3.05, 3.63) is 59.4 Å². The Morgan fingerprint density at radius 3 is 2.83 bits per heavy atom. The van der Waals surface area contributed by atoms with E-state index in [4.69, 9.17) is 4.74 Å². The van der Waals surface area contributed by atoms with Gasteiger partial charge in [-0.25, -0.2) is 4.98 Å². The van der Waals surface area contributed by atoms with Crippen LogP contribution in [0.15, 0.2) is 42.5 Å². The van der Waals surface area contributed by atoms with Crippen molar-refractivity contribution in [2.24, 2.45) is 0 Å². The Morgan fingerprint density at radius 2 is 1.97 bits per heavy atom. The Morgan fingerprint density at radius 1 is 1.10 bits per heavy atom. The SMILES string of the molecule is O=C(CCc1nc2ccccc2[nH]1)N1CCN(Cc2ccc3c(c2)CCO3)CC1. The van der Waals surface area contributed by atoms with E-state index in [0.717, 1.165) is 68.4 Å². The lowest BCUT2D eigenvalue weighted by Crippen LogP contribution is -2.48. The molecule has 0 unspecified atom stereocenters. The van der Waals surface area contributed by atoms with E-state index >= 15 is 0 Å². The van der Waals surface area contributed by atoms with Gasteiger partial charge in [0.25, 0.3) is 0 Å². The summed E-state index contributed by atoms with van der Waals surface area (Å²) >= 11 is 0. The molecule has 5 rings (SSSR count). The maximum Gasteiger partial charge on any atom is 0.223 e. The highest BCUT2D eigenvalue weighted by molar-refractivity contribution is 5.77. The molecule has 2 aliphatic rings. The zero-order valence-electron chi connectivity index (χ0n) is 16.6. The molecule has 0 radical (unpaired) electrons. The zero-order chi connectivity index (χ0) is 19.6. The molecule has 0 atom stereocenters. The molecule has 1 amide bonds. The van der Waals surface area contributed by atoms with Crippen molar-refractivity contribution in [3.63, 3.8) is 0 Å². The molecule has 150 valence electrons. The molecule has 6 nitrogen and oxygen atoms in total. The number of rotatable bonds is 5. The van der Waals surface area contributed by atoms with Crippen molar-refractivity contribution in [1.29, 1.82) is 0 Å². The van der Waals surface area contributed by atoms with E-state index in [0.29, 0.717) is 12.8 Å². The molecular weight excluding hydrogens is 364 g/mol. The molecule has 0 aliphatic carbocycles. The van der Waals surface area contributed by atoms with Gasteiger partial charge in [0, 0.05) is 52.0 Å². The minimum Gasteiger partial charge on any atom is -0.493 e. The van der Waals surface area contributed by atoms with Gasteiger partial charge in [-0.2, -0.15) is 0 Å². The number of carbonyl (C=O) groups excluding carboxylic acids is 1. The summed E-state index contributed by atoms with van der Waals surface area (Å²) in [5.74, 6) is 2.15. The second-order valence-corrected chi connectivity index (χ2v) is 7.90. The van der Waals surface area contributed by atoms with Crippen LogP contribution in [0.4, 0.5) is 0 Å². The number of nitrogens with zero attached hydrogens (tertiary/aromatic N) is 3. The average Bonchev–Trinajstić information content (AvgIpc) is 3.38. The smallest absolute Gasteiger partial charge is 0.223 e. The summed E-state index contributed by atoms with van der Waals surface area (Å²) in [6, 6.07) is 14.5. The first kappa shape index (κ1) is 18.2. The topological polar surface area (TPSA) is 61.5 Å². The first-order valence-electron chi connectivity index (χ1n) is 10.4. The minimum atomic E-state index is 0.222. The number of imidazole rings is 1. The number of benzene rings is 2. The molecule has 29 heavy (non-hydrogen) atoms. The second-order valence-electron chi connectivity index (χ2n) is 7.90. The van der Waals surface area contributed by atoms with E-state index in [1.807, 2.05) is 29.2 Å². The third-order valence-electron chi connectivity index (χ3n) is 5.90. The van der Waals surface area contributed by atoms with Crippen LogP contribution in [-0.2, 0) is 24.2 Å². The van der Waals surface area contributed by atoms with E-state index in [2.05, 4.69) is 33.1 Å². The molecule has 0 spiro atoms. The Kier molecular flexibility index (Phi) is 4.94. The standard InChI is InChI=1S/C23H26N4O2/c28-23(8-7-22-24-19-3-1-2-4-20(19)25-22)27-12-10-26(11-13-27)16-17-5-6-21-18(15-17)9-14-29-21/h1-6,15H,7-14,16H2,(H,24,25). The number of hydrogen-bond acceptors (Lipinski definition) is 4. The van der Waals surface area contributed by atoms with Gasteiger partial charge in [0.1, 0.15) is 11.6 Å². The van der Waals surface area contributed by atoms with Crippen molar-refractivity contribution in [3.8, 4) is 5.75 Å². The number of piperazine rings is 1. The van der Waals surface area contributed by atoms with Crippen LogP contribution in [0, 0.1) is 0 Å². The maximum absolute atomic E-state index is 12.6. The van der Waals surface area contributed by atoms with Gasteiger partial charge in [0.05, 0.1) is 17.6 Å². The summed E-state index contributed by atoms with van der Waals surface area (Å²) in [5.41, 5.74) is 4.64. The zero-order valence-corrected chi connectivity index (χ0v) is 16.6. The van der Waals surface area contributed by atoms with Crippen molar-refractivity contribution < 1.29 is 9.53 Å². The summed E-state index contributed by atoms with van der Waals surface area (Å²) < 4.78 is 5.59. The molecule has 0 saturated carbocycles. The molecule has 3 heterocycles. The number of para-hydroxylation sites is 2. The lowest BCUT2D eigenvalue weighted by atomic mass is 10.1. The molecule has 6 heteroatoms. The molecule has 3 aromatic rings. The molecular formula is C23H26N4O2. The first-order chi connectivity index (χ1) is 14.2. The lowest BCUT2D eigenvalue weighted by molar-refractivity contribution is -0.133. The highest BCUT2D eigenvalue weighted by Gasteiger charge is 2.22. The van der Waals surface area contributed by atoms with E-state index in [1.165, 1.54) is 11.1 Å². The number of nitrogens with one attached hydrogen (secondary N) is 1. The fourth-order valence-corrected chi connectivity index (χ4v) is 4.26. The van der Waals surface area contributed by atoms with E-state index in [-0.39, 0.29) is 5.91 Å². The van der Waals surface area contributed by atoms with Crippen LogP contribution in [0.2, 0.25) is 0 Å². The Hall–Kier alpha value is -2.86. The molecule has 1 fully saturated rings. The largest absolute Gasteiger partial charge is 0.493 e. The molecule has 1 saturated heterocycles. The van der Waals surface area contributed by atoms with Crippen molar-refractivity contribution in [2.45, 2.75) is 25.8 Å². The number of aromatic nitrogens is 2. The van der Waals surface area contributed by atoms with Crippen LogP contribution in [0.5, 0.6) is 5.75 Å². The summed E-state index contributed by atoms with van der Waals surface area (Å²) in [6.45, 7) is 5.18. The highest BCUT2D eigenvalue weighted by atomic mass is 16.5. The minimum absolute atomic E-state index is 0.222. The molecule has 0 bridgehead atoms. The van der Waals surface area contributed by atoms with Crippen LogP contribution in [-0.4, -0.2) is 58.5 Å². The number of ether oxygens (including phenoxy) is 1. The number of hydrogen-bond donors (Lipinski definition) is 1. The Balaban J connectivity index is 1.11. The predicted molar refractivity (Wildman–Crippen MR) is 112 cm³/mol. The van der Waals surface area contributed by atoms with Gasteiger partial charge in [0.15, 0.2) is 0 Å². The predicted octanol–water partition coefficient (Wildman–Crippen LogP) is 2.77. The number of carbonyl (C=O) groups is 1. The van der Waals surface area contributed by atoms with Gasteiger partial charge in [0.2, 0.25) is 5.91 Å². The van der Waals surface area contributed by atoms with E-state index in [1.54, 1.807) is 0 Å². The fourth-order valence-electron chi connectivity index (χ4n) is 4.26. The molecule has 1 N–H and O–H groups in total. The summed E-state index contributed by atoms with van der Waals surface area (Å²) in [5, 5.41) is 0. The normalized spacial score (nSPS) is 16.8. The van der Waals surface area contributed by atoms with Crippen molar-refractivity contribution in [1.82, 2.24) is 19.8 Å². The van der Waals surface area contributed by atoms with Gasteiger partial charge in [-0.15, -0.1) is 0 Å². The third kappa shape index (κ3) is 3.98. The van der Waals surface area contributed by atoms with Crippen molar-refractivity contribution >= 4 is 16.9 Å². The monoisotopic (exact) mass is 390 g/mol. The van der Waals surface area contributed by atoms with Gasteiger partial charge in [-0.3, -0.25) is 9.69 Å². The fraction of sp³-hybridized carbons (Fsp3) is 0.391. The number of aromatic amines is 1. The van der Waals surface area contributed by atoms with Gasteiger partial charge in [-0.1, -0.05) is 24.3 Å². The highest BCUT2D eigenvalue weighted by Crippen LogP contribution is 2.26. The number of H-pyrrole nitrogens is 1. The average molecular weight is 390 g/mol. The maximum atomic E-state index is 12.6. The van der Waals surface area contributed by atoms with Crippen LogP contribution < -0.4 is 4.74 Å². The number of aryl methyl sites for hydroxylation is 1. The van der Waals surface area contributed by atoms with Gasteiger partial charge < -0.3 is 14.6 Å². The summed E-state index contributed by atoms with van der Waals surface area (Å²) in [6.07, 6.45) is 2.17. The molecule has 2 aromatic carbocycles. The van der Waals surface area contributed by atoms with Crippen molar-refractivity contribution in [2.75, 3.05) is 32.8 Å². The van der Waals surface area contributed by atoms with Crippen LogP contribution in [0.25, 0.3) is 11.0 Å². The van der Waals surface area contributed by atoms with Crippen LogP contribution in [0.1, 0.15) is 23.4 Å². The first-order valence-corrected chi connectivity index (χ1v) is 10.4. The Bertz CT molecular complexity index is 988. The van der Waals surface area contributed by atoms with E-state index in [9.17, 15) is 4.79 Å². The molecule has 1 aromatic heterocycles.